The van der Waals surface area contributed by atoms with Crippen LogP contribution < -0.4 is 5.43 Å². The number of carbonyl (C=O) groups excluding carboxylic acids is 1. The molecule has 2 aliphatic rings. The van der Waals surface area contributed by atoms with Crippen LogP contribution in [0.5, 0.6) is 0 Å². The van der Waals surface area contributed by atoms with Gasteiger partial charge in [0.2, 0.25) is 0 Å². The Morgan fingerprint density at radius 2 is 1.83 bits per heavy atom. The molecule has 2 aliphatic heterocycles. The predicted molar refractivity (Wildman–Crippen MR) is 112 cm³/mol. The van der Waals surface area contributed by atoms with Gasteiger partial charge >= 0.3 is 0 Å². The molecule has 1 aromatic heterocycles. The van der Waals surface area contributed by atoms with Crippen molar-refractivity contribution >= 4 is 22.6 Å². The molecule has 0 unspecified atom stereocenters. The first-order valence-electron chi connectivity index (χ1n) is 9.69. The number of hydrogen-bond acceptors (Lipinski definition) is 6. The van der Waals surface area contributed by atoms with Crippen molar-refractivity contribution in [3.05, 3.63) is 77.0 Å². The highest BCUT2D eigenvalue weighted by Crippen LogP contribution is 2.27. The van der Waals surface area contributed by atoms with Crippen LogP contribution in [0.2, 0.25) is 0 Å². The summed E-state index contributed by atoms with van der Waals surface area (Å²) < 4.78 is 0. The maximum absolute atomic E-state index is 13.0. The van der Waals surface area contributed by atoms with Crippen LogP contribution in [0.1, 0.15) is 27.2 Å². The van der Waals surface area contributed by atoms with E-state index >= 15 is 0 Å². The van der Waals surface area contributed by atoms with Crippen LogP contribution in [0.3, 0.4) is 0 Å². The summed E-state index contributed by atoms with van der Waals surface area (Å²) in [6.07, 6.45) is 0.727. The van der Waals surface area contributed by atoms with Crippen molar-refractivity contribution in [1.82, 2.24) is 25.5 Å². The second kappa shape index (κ2) is 6.86. The first kappa shape index (κ1) is 17.6. The predicted octanol–water partition coefficient (Wildman–Crippen LogP) is 2.39. The molecule has 0 bridgehead atoms. The molecule has 0 aliphatic carbocycles. The Kier molecular flexibility index (Phi) is 4.17. The third kappa shape index (κ3) is 3.09. The van der Waals surface area contributed by atoms with Gasteiger partial charge in [-0.25, -0.2) is 5.12 Å². The number of pyridine rings is 1. The summed E-state index contributed by atoms with van der Waals surface area (Å²) in [5, 5.41) is 9.18. The Labute approximate surface area is 169 Å². The molecule has 0 saturated carbocycles. The summed E-state index contributed by atoms with van der Waals surface area (Å²) in [5.41, 5.74) is 7.97. The molecular weight excluding hydrogens is 364 g/mol. The van der Waals surface area contributed by atoms with E-state index in [1.807, 2.05) is 61.5 Å². The monoisotopic (exact) mass is 386 g/mol. The minimum absolute atomic E-state index is 0.0722. The van der Waals surface area contributed by atoms with E-state index in [9.17, 15) is 4.79 Å². The van der Waals surface area contributed by atoms with Crippen molar-refractivity contribution in [2.24, 2.45) is 5.10 Å². The first-order chi connectivity index (χ1) is 14.1. The maximum atomic E-state index is 13.0. The van der Waals surface area contributed by atoms with Crippen LogP contribution in [-0.2, 0) is 13.0 Å². The summed E-state index contributed by atoms with van der Waals surface area (Å²) in [7, 11) is 3.77. The molecule has 0 atom stereocenters. The lowest BCUT2D eigenvalue weighted by Crippen LogP contribution is -2.39. The number of hydrazone groups is 1. The van der Waals surface area contributed by atoms with Gasteiger partial charge in [-0.1, -0.05) is 36.4 Å². The van der Waals surface area contributed by atoms with Crippen molar-refractivity contribution in [1.29, 1.82) is 0 Å². The minimum Gasteiger partial charge on any atom is -0.334 e. The number of aromatic nitrogens is 1. The Morgan fingerprint density at radius 3 is 2.66 bits per heavy atom. The average Bonchev–Trinajstić information content (AvgIpc) is 3.25. The number of para-hydroxylation sites is 1. The molecule has 0 spiro atoms. The van der Waals surface area contributed by atoms with Gasteiger partial charge in [0, 0.05) is 55.8 Å². The number of amidine groups is 1. The second-order valence-electron chi connectivity index (χ2n) is 7.38. The standard InChI is InChI=1S/C22H22N6O/c1-26-24-21(25-27(26)2)17-7-5-8-18-19(17)14-28(22(18)29)13-12-16-11-10-15-6-3-4-9-20(15)23-16/h3-11H,12-14H2,1-2H3,(H,24,25). The summed E-state index contributed by atoms with van der Waals surface area (Å²) in [6, 6.07) is 18.1. The van der Waals surface area contributed by atoms with Gasteiger partial charge in [0.15, 0.2) is 5.84 Å². The first-order valence-corrected chi connectivity index (χ1v) is 9.69. The van der Waals surface area contributed by atoms with Gasteiger partial charge in [-0.15, -0.1) is 10.2 Å². The van der Waals surface area contributed by atoms with E-state index in [0.29, 0.717) is 13.1 Å². The molecule has 7 heteroatoms. The molecular formula is C22H22N6O. The largest absolute Gasteiger partial charge is 0.334 e. The minimum atomic E-state index is 0.0722. The summed E-state index contributed by atoms with van der Waals surface area (Å²) in [4.78, 5) is 19.6. The number of carbonyl (C=O) groups is 1. The smallest absolute Gasteiger partial charge is 0.254 e. The second-order valence-corrected chi connectivity index (χ2v) is 7.38. The van der Waals surface area contributed by atoms with E-state index in [0.717, 1.165) is 45.5 Å². The van der Waals surface area contributed by atoms with Gasteiger partial charge < -0.3 is 4.90 Å². The third-order valence-corrected chi connectivity index (χ3v) is 5.54. The number of nitrogens with one attached hydrogen (secondary N) is 1. The molecule has 0 saturated heterocycles. The van der Waals surface area contributed by atoms with Crippen LogP contribution in [0, 0.1) is 0 Å². The summed E-state index contributed by atoms with van der Waals surface area (Å²) in [6.45, 7) is 1.23. The van der Waals surface area contributed by atoms with E-state index in [1.54, 1.807) is 10.2 Å². The van der Waals surface area contributed by atoms with Gasteiger partial charge in [-0.3, -0.25) is 15.2 Å². The molecule has 1 amide bonds. The van der Waals surface area contributed by atoms with Gasteiger partial charge in [-0.05, 0) is 23.8 Å². The van der Waals surface area contributed by atoms with Crippen molar-refractivity contribution in [3.63, 3.8) is 0 Å². The van der Waals surface area contributed by atoms with Gasteiger partial charge in [-0.2, -0.15) is 0 Å². The SMILES string of the molecule is CN1N=C(c2cccc3c2CN(CCc2ccc4ccccc4n2)C3=O)NN1C. The Morgan fingerprint density at radius 1 is 1.00 bits per heavy atom. The zero-order chi connectivity index (χ0) is 20.0. The summed E-state index contributed by atoms with van der Waals surface area (Å²) >= 11 is 0. The number of amides is 1. The van der Waals surface area contributed by atoms with Crippen LogP contribution in [-0.4, -0.2) is 52.5 Å². The number of hydrazine groups is 2. The van der Waals surface area contributed by atoms with Crippen LogP contribution in [0.15, 0.2) is 59.7 Å². The number of benzene rings is 2. The number of nitrogens with zero attached hydrogens (tertiary/aromatic N) is 5. The molecule has 146 valence electrons. The fourth-order valence-corrected chi connectivity index (χ4v) is 3.86. The molecule has 1 N–H and O–H groups in total. The quantitative estimate of drug-likeness (QED) is 0.746. The van der Waals surface area contributed by atoms with E-state index in [-0.39, 0.29) is 5.91 Å². The van der Waals surface area contributed by atoms with Crippen molar-refractivity contribution < 1.29 is 4.79 Å². The van der Waals surface area contributed by atoms with E-state index in [2.05, 4.69) is 22.7 Å². The Bertz CT molecular complexity index is 1140. The Hall–Kier alpha value is -3.45. The molecule has 29 heavy (non-hydrogen) atoms. The molecule has 3 heterocycles. The van der Waals surface area contributed by atoms with Gasteiger partial charge in [0.25, 0.3) is 5.91 Å². The van der Waals surface area contributed by atoms with Crippen LogP contribution in [0.25, 0.3) is 10.9 Å². The molecule has 3 aromatic rings. The van der Waals surface area contributed by atoms with Gasteiger partial charge in [0.05, 0.1) is 5.52 Å². The maximum Gasteiger partial charge on any atom is 0.254 e. The highest BCUT2D eigenvalue weighted by atomic mass is 16.2. The zero-order valence-electron chi connectivity index (χ0n) is 16.5. The number of hydrogen-bond donors (Lipinski definition) is 1. The topological polar surface area (TPSA) is 64.1 Å². The van der Waals surface area contributed by atoms with Crippen molar-refractivity contribution in [3.8, 4) is 0 Å². The van der Waals surface area contributed by atoms with E-state index in [1.165, 1.54) is 0 Å². The van der Waals surface area contributed by atoms with E-state index in [4.69, 9.17) is 4.98 Å². The van der Waals surface area contributed by atoms with Gasteiger partial charge in [0.1, 0.15) is 0 Å². The summed E-state index contributed by atoms with van der Waals surface area (Å²) in [5.74, 6) is 0.834. The van der Waals surface area contributed by atoms with E-state index < -0.39 is 0 Å². The third-order valence-electron chi connectivity index (χ3n) is 5.54. The highest BCUT2D eigenvalue weighted by Gasteiger charge is 2.31. The van der Waals surface area contributed by atoms with Crippen molar-refractivity contribution in [2.75, 3.05) is 20.6 Å². The lowest BCUT2D eigenvalue weighted by atomic mass is 10.0. The van der Waals surface area contributed by atoms with Crippen LogP contribution in [0.4, 0.5) is 0 Å². The average molecular weight is 386 g/mol. The molecule has 0 radical (unpaired) electrons. The lowest BCUT2D eigenvalue weighted by molar-refractivity contribution is 0.0275. The molecule has 7 nitrogen and oxygen atoms in total. The normalized spacial score (nSPS) is 16.3. The fourth-order valence-electron chi connectivity index (χ4n) is 3.86. The molecule has 5 rings (SSSR count). The number of rotatable bonds is 4. The zero-order valence-corrected chi connectivity index (χ0v) is 16.5. The molecule has 2 aromatic carbocycles. The Balaban J connectivity index is 1.35. The fraction of sp³-hybridized carbons (Fsp3) is 0.227. The highest BCUT2D eigenvalue weighted by molar-refractivity contribution is 6.06. The lowest BCUT2D eigenvalue weighted by Gasteiger charge is -2.17. The molecule has 0 fully saturated rings. The number of fused-ring (bicyclic) bond motifs is 2. The van der Waals surface area contributed by atoms with Crippen LogP contribution >= 0.6 is 0 Å². The van der Waals surface area contributed by atoms with Crippen molar-refractivity contribution in [2.45, 2.75) is 13.0 Å².